The highest BCUT2D eigenvalue weighted by Crippen LogP contribution is 2.23. The second-order valence-corrected chi connectivity index (χ2v) is 3.87. The predicted octanol–water partition coefficient (Wildman–Crippen LogP) is 1.82. The van der Waals surface area contributed by atoms with Gasteiger partial charge in [0.2, 0.25) is 0 Å². The maximum Gasteiger partial charge on any atom is 0.356 e. The van der Waals surface area contributed by atoms with Crippen molar-refractivity contribution < 1.29 is 9.53 Å². The Morgan fingerprint density at radius 3 is 3.13 bits per heavy atom. The zero-order valence-corrected chi connectivity index (χ0v) is 9.69. The first-order valence-electron chi connectivity index (χ1n) is 4.60. The van der Waals surface area contributed by atoms with Gasteiger partial charge in [-0.25, -0.2) is 14.8 Å². The van der Waals surface area contributed by atoms with Crippen LogP contribution < -0.4 is 0 Å². The molecular formula is C10H9BrN2O2. The van der Waals surface area contributed by atoms with Crippen molar-refractivity contribution in [2.24, 2.45) is 15.9 Å². The molecule has 0 amide bonds. The summed E-state index contributed by atoms with van der Waals surface area (Å²) in [4.78, 5) is 19.7. The molecule has 0 aromatic rings. The van der Waals surface area contributed by atoms with E-state index >= 15 is 0 Å². The number of hydrogen-bond donors (Lipinski definition) is 0. The molecule has 4 nitrogen and oxygen atoms in total. The largest absolute Gasteiger partial charge is 0.461 e. The highest BCUT2D eigenvalue weighted by molar-refractivity contribution is 9.18. The zero-order chi connectivity index (χ0) is 10.8. The van der Waals surface area contributed by atoms with E-state index < -0.39 is 0 Å². The molecule has 1 unspecified atom stereocenters. The summed E-state index contributed by atoms with van der Waals surface area (Å²) in [5.41, 5.74) is 0.340. The smallest absolute Gasteiger partial charge is 0.356 e. The number of amidine groups is 1. The van der Waals surface area contributed by atoms with Gasteiger partial charge in [0.25, 0.3) is 0 Å². The monoisotopic (exact) mass is 268 g/mol. The first-order chi connectivity index (χ1) is 7.20. The van der Waals surface area contributed by atoms with Crippen molar-refractivity contribution in [3.05, 3.63) is 23.9 Å². The Hall–Kier alpha value is -1.23. The number of esters is 1. The van der Waals surface area contributed by atoms with E-state index in [0.717, 1.165) is 4.62 Å². The van der Waals surface area contributed by atoms with E-state index in [1.54, 1.807) is 13.0 Å². The normalized spacial score (nSPS) is 22.8. The van der Waals surface area contributed by atoms with Crippen LogP contribution >= 0.6 is 15.9 Å². The molecule has 0 aromatic carbocycles. The van der Waals surface area contributed by atoms with Crippen LogP contribution in [-0.2, 0) is 9.53 Å². The van der Waals surface area contributed by atoms with Gasteiger partial charge in [-0.3, -0.25) is 0 Å². The van der Waals surface area contributed by atoms with Crippen LogP contribution in [0.25, 0.3) is 0 Å². The third-order valence-electron chi connectivity index (χ3n) is 2.02. The summed E-state index contributed by atoms with van der Waals surface area (Å²) < 4.78 is 5.58. The summed E-state index contributed by atoms with van der Waals surface area (Å²) in [6.07, 6.45) is 5.53. The molecule has 2 aliphatic heterocycles. The molecule has 0 fully saturated rings. The van der Waals surface area contributed by atoms with Gasteiger partial charge in [-0.15, -0.1) is 0 Å². The predicted molar refractivity (Wildman–Crippen MR) is 61.1 cm³/mol. The Balaban J connectivity index is 2.20. The van der Waals surface area contributed by atoms with Crippen molar-refractivity contribution in [3.8, 4) is 0 Å². The molecule has 1 atom stereocenters. The Labute approximate surface area is 95.6 Å². The van der Waals surface area contributed by atoms with Gasteiger partial charge in [0.1, 0.15) is 16.2 Å². The Bertz CT molecular complexity index is 421. The Morgan fingerprint density at radius 1 is 1.60 bits per heavy atom. The highest BCUT2D eigenvalue weighted by Gasteiger charge is 2.25. The van der Waals surface area contributed by atoms with Gasteiger partial charge in [-0.1, -0.05) is 6.08 Å². The minimum absolute atomic E-state index is 0.00528. The van der Waals surface area contributed by atoms with Gasteiger partial charge in [0.05, 0.1) is 12.5 Å². The van der Waals surface area contributed by atoms with Gasteiger partial charge < -0.3 is 4.74 Å². The van der Waals surface area contributed by atoms with Gasteiger partial charge in [-0.2, -0.15) is 0 Å². The van der Waals surface area contributed by atoms with Crippen LogP contribution in [0.3, 0.4) is 0 Å². The van der Waals surface area contributed by atoms with E-state index in [-0.39, 0.29) is 11.9 Å². The van der Waals surface area contributed by atoms with E-state index in [1.807, 2.05) is 12.2 Å². The number of carbonyl (C=O) groups is 1. The number of ether oxygens (including phenoxy) is 1. The van der Waals surface area contributed by atoms with E-state index in [9.17, 15) is 4.79 Å². The molecule has 0 radical (unpaired) electrons. The van der Waals surface area contributed by atoms with Gasteiger partial charge in [0.15, 0.2) is 0 Å². The van der Waals surface area contributed by atoms with Crippen LogP contribution in [0.1, 0.15) is 6.92 Å². The van der Waals surface area contributed by atoms with Crippen LogP contribution in [-0.4, -0.2) is 23.0 Å². The SMILES string of the molecule is CCOC(=O)C1=CC2C=CC(Br)=NC2=N1. The van der Waals surface area contributed by atoms with Crippen molar-refractivity contribution in [2.75, 3.05) is 6.61 Å². The summed E-state index contributed by atoms with van der Waals surface area (Å²) in [6, 6.07) is 0. The molecular weight excluding hydrogens is 260 g/mol. The van der Waals surface area contributed by atoms with E-state index in [4.69, 9.17) is 4.74 Å². The van der Waals surface area contributed by atoms with Crippen LogP contribution in [0, 0.1) is 5.92 Å². The average Bonchev–Trinajstić information content (AvgIpc) is 2.60. The van der Waals surface area contributed by atoms with Crippen molar-refractivity contribution in [1.82, 2.24) is 0 Å². The lowest BCUT2D eigenvalue weighted by Crippen LogP contribution is -2.09. The van der Waals surface area contributed by atoms with Gasteiger partial charge in [0, 0.05) is 0 Å². The number of fused-ring (bicyclic) bond motifs is 1. The molecule has 2 heterocycles. The molecule has 0 aliphatic carbocycles. The lowest BCUT2D eigenvalue weighted by Gasteiger charge is -2.05. The first-order valence-corrected chi connectivity index (χ1v) is 5.40. The molecule has 2 rings (SSSR count). The fourth-order valence-electron chi connectivity index (χ4n) is 1.37. The number of carbonyl (C=O) groups excluding carboxylic acids is 1. The molecule has 2 aliphatic rings. The number of hydrogen-bond acceptors (Lipinski definition) is 4. The summed E-state index contributed by atoms with van der Waals surface area (Å²) in [5, 5.41) is 0. The van der Waals surface area contributed by atoms with Gasteiger partial charge in [-0.05, 0) is 35.0 Å². The Kier molecular flexibility index (Phi) is 2.81. The molecule has 0 spiro atoms. The second-order valence-electron chi connectivity index (χ2n) is 3.06. The maximum absolute atomic E-state index is 11.4. The van der Waals surface area contributed by atoms with Crippen molar-refractivity contribution in [1.29, 1.82) is 0 Å². The molecule has 15 heavy (non-hydrogen) atoms. The molecule has 5 heteroatoms. The highest BCUT2D eigenvalue weighted by atomic mass is 79.9. The molecule has 0 saturated heterocycles. The third-order valence-corrected chi connectivity index (χ3v) is 2.46. The zero-order valence-electron chi connectivity index (χ0n) is 8.11. The Morgan fingerprint density at radius 2 is 2.40 bits per heavy atom. The number of nitrogens with zero attached hydrogens (tertiary/aromatic N) is 2. The fourth-order valence-corrected chi connectivity index (χ4v) is 1.70. The van der Waals surface area contributed by atoms with Gasteiger partial charge >= 0.3 is 5.97 Å². The van der Waals surface area contributed by atoms with Crippen LogP contribution in [0.5, 0.6) is 0 Å². The van der Waals surface area contributed by atoms with Crippen molar-refractivity contribution in [2.45, 2.75) is 6.92 Å². The minimum Gasteiger partial charge on any atom is -0.461 e. The number of rotatable bonds is 2. The molecule has 0 N–H and O–H groups in total. The number of dihydropyridines is 1. The topological polar surface area (TPSA) is 51.0 Å². The minimum atomic E-state index is -0.390. The molecule has 0 bridgehead atoms. The molecule has 0 aromatic heterocycles. The summed E-state index contributed by atoms with van der Waals surface area (Å²) in [6.45, 7) is 2.12. The van der Waals surface area contributed by atoms with E-state index in [0.29, 0.717) is 18.1 Å². The van der Waals surface area contributed by atoms with Crippen molar-refractivity contribution in [3.63, 3.8) is 0 Å². The van der Waals surface area contributed by atoms with E-state index in [2.05, 4.69) is 25.9 Å². The first kappa shape index (κ1) is 10.3. The summed E-state index contributed by atoms with van der Waals surface area (Å²) >= 11 is 3.26. The number of aliphatic imine (C=N–C) groups is 2. The van der Waals surface area contributed by atoms with Crippen LogP contribution in [0.4, 0.5) is 0 Å². The standard InChI is InChI=1S/C10H9BrN2O2/c1-2-15-10(14)7-5-6-3-4-8(11)13-9(6)12-7/h3-6H,2H2,1H3. The number of allylic oxidation sites excluding steroid dienone is 1. The molecule has 0 saturated carbocycles. The number of halogens is 1. The lowest BCUT2D eigenvalue weighted by atomic mass is 10.1. The van der Waals surface area contributed by atoms with Crippen molar-refractivity contribution >= 4 is 32.4 Å². The second kappa shape index (κ2) is 4.10. The lowest BCUT2D eigenvalue weighted by molar-refractivity contribution is -0.138. The summed E-state index contributed by atoms with van der Waals surface area (Å²) in [7, 11) is 0. The maximum atomic E-state index is 11.4. The average molecular weight is 269 g/mol. The summed E-state index contributed by atoms with van der Waals surface area (Å²) in [5.74, 6) is 0.247. The van der Waals surface area contributed by atoms with Crippen LogP contribution in [0.15, 0.2) is 33.9 Å². The van der Waals surface area contributed by atoms with Crippen LogP contribution in [0.2, 0.25) is 0 Å². The quantitative estimate of drug-likeness (QED) is 0.718. The third kappa shape index (κ3) is 2.07. The molecule has 78 valence electrons. The van der Waals surface area contributed by atoms with E-state index in [1.165, 1.54) is 0 Å². The fraction of sp³-hybridized carbons (Fsp3) is 0.300.